The number of rotatable bonds is 4. The third kappa shape index (κ3) is 3.67. The Labute approximate surface area is 138 Å². The van der Waals surface area contributed by atoms with Gasteiger partial charge in [-0.25, -0.2) is 4.39 Å². The first kappa shape index (κ1) is 15.9. The molecule has 1 unspecified atom stereocenters. The summed E-state index contributed by atoms with van der Waals surface area (Å²) in [4.78, 5) is 28.3. The van der Waals surface area contributed by atoms with Crippen LogP contribution in [0, 0.1) is 5.82 Å². The molecule has 0 fully saturated rings. The number of amides is 1. The predicted octanol–water partition coefficient (Wildman–Crippen LogP) is 2.64. The zero-order chi connectivity index (χ0) is 16.4. The van der Waals surface area contributed by atoms with Gasteiger partial charge in [-0.3, -0.25) is 14.6 Å². The predicted molar refractivity (Wildman–Crippen MR) is 86.3 cm³/mol. The van der Waals surface area contributed by atoms with Crippen LogP contribution in [0.15, 0.2) is 34.3 Å². The molecule has 1 amide bonds. The van der Waals surface area contributed by atoms with Crippen molar-refractivity contribution in [3.8, 4) is 0 Å². The van der Waals surface area contributed by atoms with E-state index in [1.807, 2.05) is 6.21 Å². The van der Waals surface area contributed by atoms with E-state index in [0.717, 1.165) is 19.4 Å². The number of nitrogens with zero attached hydrogens (tertiary/aromatic N) is 1. The van der Waals surface area contributed by atoms with Gasteiger partial charge in [-0.1, -0.05) is 17.7 Å². The molecule has 0 bridgehead atoms. The van der Waals surface area contributed by atoms with E-state index in [1.54, 1.807) is 6.07 Å². The molecule has 0 saturated heterocycles. The molecule has 23 heavy (non-hydrogen) atoms. The molecule has 4 nitrogen and oxygen atoms in total. The largest absolute Gasteiger partial charge is 0.346 e. The highest BCUT2D eigenvalue weighted by atomic mass is 35.5. The highest BCUT2D eigenvalue weighted by Gasteiger charge is 2.25. The molecule has 1 heterocycles. The van der Waals surface area contributed by atoms with Crippen molar-refractivity contribution >= 4 is 29.5 Å². The first-order valence-corrected chi connectivity index (χ1v) is 7.89. The SMILES string of the molecule is O=C(Cc1ccc(Cl)c(F)c1)C(=O)NC1CCC2=C(C=NC2)C1. The molecular formula is C17H16ClFN2O2. The van der Waals surface area contributed by atoms with Crippen LogP contribution in [0.1, 0.15) is 24.8 Å². The van der Waals surface area contributed by atoms with Crippen LogP contribution >= 0.6 is 11.6 Å². The van der Waals surface area contributed by atoms with Crippen molar-refractivity contribution in [3.05, 3.63) is 45.7 Å². The summed E-state index contributed by atoms with van der Waals surface area (Å²) in [6.45, 7) is 0.761. The zero-order valence-corrected chi connectivity index (χ0v) is 13.2. The van der Waals surface area contributed by atoms with Crippen LogP contribution in [0.4, 0.5) is 4.39 Å². The summed E-state index contributed by atoms with van der Waals surface area (Å²) in [7, 11) is 0. The Kier molecular flexibility index (Phi) is 4.57. The number of nitrogens with one attached hydrogen (secondary N) is 1. The Morgan fingerprint density at radius 1 is 1.39 bits per heavy atom. The number of hydrogen-bond donors (Lipinski definition) is 1. The normalized spacial score (nSPS) is 19.7. The molecule has 120 valence electrons. The van der Waals surface area contributed by atoms with Crippen LogP contribution in [0.2, 0.25) is 5.02 Å². The Balaban J connectivity index is 1.56. The van der Waals surface area contributed by atoms with Gasteiger partial charge >= 0.3 is 0 Å². The van der Waals surface area contributed by atoms with Crippen molar-refractivity contribution < 1.29 is 14.0 Å². The number of Topliss-reactive ketones (excluding diaryl/α,β-unsaturated/α-hetero) is 1. The quantitative estimate of drug-likeness (QED) is 0.861. The van der Waals surface area contributed by atoms with Gasteiger partial charge in [0, 0.05) is 18.7 Å². The van der Waals surface area contributed by atoms with Crippen LogP contribution in [0.25, 0.3) is 0 Å². The van der Waals surface area contributed by atoms with Crippen LogP contribution in [0.5, 0.6) is 0 Å². The Morgan fingerprint density at radius 3 is 3.00 bits per heavy atom. The third-order valence-electron chi connectivity index (χ3n) is 4.18. The fourth-order valence-electron chi connectivity index (χ4n) is 2.92. The monoisotopic (exact) mass is 334 g/mol. The summed E-state index contributed by atoms with van der Waals surface area (Å²) in [5.74, 6) is -1.79. The van der Waals surface area contributed by atoms with E-state index in [-0.39, 0.29) is 17.5 Å². The smallest absolute Gasteiger partial charge is 0.287 e. The summed E-state index contributed by atoms with van der Waals surface area (Å²) < 4.78 is 13.4. The first-order chi connectivity index (χ1) is 11.0. The van der Waals surface area contributed by atoms with E-state index in [4.69, 9.17) is 11.6 Å². The third-order valence-corrected chi connectivity index (χ3v) is 4.49. The zero-order valence-electron chi connectivity index (χ0n) is 12.4. The summed E-state index contributed by atoms with van der Waals surface area (Å²) in [6.07, 6.45) is 4.15. The standard InChI is InChI=1S/C17H16ClFN2O2/c18-14-4-1-10(5-15(14)19)6-16(22)17(23)21-13-3-2-11-8-20-9-12(11)7-13/h1,4-5,9,13H,2-3,6-8H2,(H,21,23). The van der Waals surface area contributed by atoms with Crippen LogP contribution in [0.3, 0.4) is 0 Å². The summed E-state index contributed by atoms with van der Waals surface area (Å²) in [6, 6.07) is 4.06. The van der Waals surface area contributed by atoms with E-state index in [1.165, 1.54) is 23.3 Å². The second-order valence-electron chi connectivity index (χ2n) is 5.86. The molecule has 0 aromatic heterocycles. The molecule has 1 aromatic rings. The summed E-state index contributed by atoms with van der Waals surface area (Å²) in [5.41, 5.74) is 2.94. The van der Waals surface area contributed by atoms with Gasteiger partial charge in [-0.05, 0) is 48.1 Å². The number of halogens is 2. The number of carbonyl (C=O) groups excluding carboxylic acids is 2. The van der Waals surface area contributed by atoms with Crippen LogP contribution in [-0.4, -0.2) is 30.5 Å². The Hall–Kier alpha value is -2.01. The lowest BCUT2D eigenvalue weighted by Gasteiger charge is -2.23. The maximum atomic E-state index is 13.4. The molecule has 0 spiro atoms. The number of benzene rings is 1. The van der Waals surface area contributed by atoms with E-state index < -0.39 is 17.5 Å². The fourth-order valence-corrected chi connectivity index (χ4v) is 3.03. The maximum absolute atomic E-state index is 13.4. The first-order valence-electron chi connectivity index (χ1n) is 7.51. The Morgan fingerprint density at radius 2 is 2.22 bits per heavy atom. The molecule has 1 aromatic carbocycles. The number of aliphatic imine (C=N–C) groups is 1. The van der Waals surface area contributed by atoms with Crippen LogP contribution < -0.4 is 5.32 Å². The molecular weight excluding hydrogens is 319 g/mol. The van der Waals surface area contributed by atoms with Gasteiger partial charge in [0.05, 0.1) is 11.6 Å². The summed E-state index contributed by atoms with van der Waals surface area (Å²) in [5, 5.41) is 2.77. The van der Waals surface area contributed by atoms with E-state index in [0.29, 0.717) is 12.0 Å². The minimum atomic E-state index is -0.621. The van der Waals surface area contributed by atoms with E-state index >= 15 is 0 Å². The molecule has 0 saturated carbocycles. The molecule has 2 aliphatic rings. The highest BCUT2D eigenvalue weighted by molar-refractivity contribution is 6.36. The lowest BCUT2D eigenvalue weighted by Crippen LogP contribution is -2.41. The van der Waals surface area contributed by atoms with Crippen molar-refractivity contribution in [1.29, 1.82) is 0 Å². The van der Waals surface area contributed by atoms with Crippen molar-refractivity contribution in [2.45, 2.75) is 31.7 Å². The topological polar surface area (TPSA) is 58.5 Å². The number of carbonyl (C=O) groups is 2. The van der Waals surface area contributed by atoms with Gasteiger partial charge in [-0.15, -0.1) is 0 Å². The number of ketones is 1. The van der Waals surface area contributed by atoms with Crippen LogP contribution in [-0.2, 0) is 16.0 Å². The van der Waals surface area contributed by atoms with Gasteiger partial charge in [0.15, 0.2) is 0 Å². The lowest BCUT2D eigenvalue weighted by atomic mass is 9.90. The van der Waals surface area contributed by atoms with Gasteiger partial charge in [-0.2, -0.15) is 0 Å². The molecule has 1 N–H and O–H groups in total. The Bertz CT molecular complexity index is 727. The lowest BCUT2D eigenvalue weighted by molar-refractivity contribution is -0.138. The molecule has 0 radical (unpaired) electrons. The fraction of sp³-hybridized carbons (Fsp3) is 0.353. The second kappa shape index (κ2) is 6.62. The van der Waals surface area contributed by atoms with Crippen molar-refractivity contribution in [2.24, 2.45) is 4.99 Å². The van der Waals surface area contributed by atoms with Crippen molar-refractivity contribution in [1.82, 2.24) is 5.32 Å². The minimum Gasteiger partial charge on any atom is -0.346 e. The average Bonchev–Trinajstić information content (AvgIpc) is 2.98. The molecule has 6 heteroatoms. The van der Waals surface area contributed by atoms with Gasteiger partial charge in [0.1, 0.15) is 5.82 Å². The van der Waals surface area contributed by atoms with Crippen molar-refractivity contribution in [3.63, 3.8) is 0 Å². The average molecular weight is 335 g/mol. The summed E-state index contributed by atoms with van der Waals surface area (Å²) >= 11 is 5.60. The highest BCUT2D eigenvalue weighted by Crippen LogP contribution is 2.27. The van der Waals surface area contributed by atoms with Gasteiger partial charge < -0.3 is 5.32 Å². The van der Waals surface area contributed by atoms with Gasteiger partial charge in [0.2, 0.25) is 5.78 Å². The molecule has 1 atom stereocenters. The maximum Gasteiger partial charge on any atom is 0.287 e. The minimum absolute atomic E-state index is 0.00448. The molecule has 1 aliphatic carbocycles. The molecule has 1 aliphatic heterocycles. The second-order valence-corrected chi connectivity index (χ2v) is 6.27. The van der Waals surface area contributed by atoms with Crippen molar-refractivity contribution in [2.75, 3.05) is 6.54 Å². The molecule has 3 rings (SSSR count). The van der Waals surface area contributed by atoms with Gasteiger partial charge in [0.25, 0.3) is 5.91 Å². The van der Waals surface area contributed by atoms with E-state index in [2.05, 4.69) is 10.3 Å². The van der Waals surface area contributed by atoms with E-state index in [9.17, 15) is 14.0 Å². The number of hydrogen-bond acceptors (Lipinski definition) is 3.